The molecular formula is C11H16N2O. The van der Waals surface area contributed by atoms with Crippen LogP contribution in [0, 0.1) is 0 Å². The molecule has 4 N–H and O–H groups in total. The normalized spacial score (nSPS) is 27.5. The highest BCUT2D eigenvalue weighted by atomic mass is 16.3. The van der Waals surface area contributed by atoms with Crippen molar-refractivity contribution in [3.63, 3.8) is 0 Å². The van der Waals surface area contributed by atoms with Crippen LogP contribution in [0.4, 0.5) is 0 Å². The molecule has 14 heavy (non-hydrogen) atoms. The van der Waals surface area contributed by atoms with Crippen LogP contribution in [0.25, 0.3) is 0 Å². The summed E-state index contributed by atoms with van der Waals surface area (Å²) < 4.78 is 0. The van der Waals surface area contributed by atoms with E-state index in [0.29, 0.717) is 5.75 Å². The van der Waals surface area contributed by atoms with E-state index < -0.39 is 0 Å². The highest BCUT2D eigenvalue weighted by Gasteiger charge is 2.24. The number of phenols is 1. The molecule has 1 heterocycles. The zero-order valence-corrected chi connectivity index (χ0v) is 8.11. The van der Waals surface area contributed by atoms with E-state index in [4.69, 9.17) is 5.73 Å². The van der Waals surface area contributed by atoms with Gasteiger partial charge in [-0.3, -0.25) is 0 Å². The standard InChI is InChI=1S/C11H16N2O/c12-10-7-13-6-5-8(10)9-3-1-2-4-11(9)14/h1-4,8,10,13-14H,5-7,12H2. The van der Waals surface area contributed by atoms with Crippen molar-refractivity contribution in [2.24, 2.45) is 5.73 Å². The third-order valence-electron chi connectivity index (χ3n) is 2.87. The van der Waals surface area contributed by atoms with Crippen molar-refractivity contribution in [2.75, 3.05) is 13.1 Å². The van der Waals surface area contributed by atoms with E-state index in [0.717, 1.165) is 25.1 Å². The van der Waals surface area contributed by atoms with Crippen LogP contribution in [0.2, 0.25) is 0 Å². The maximum absolute atomic E-state index is 9.70. The molecule has 2 atom stereocenters. The zero-order valence-electron chi connectivity index (χ0n) is 8.11. The first-order chi connectivity index (χ1) is 6.79. The van der Waals surface area contributed by atoms with E-state index in [1.54, 1.807) is 6.07 Å². The first-order valence-corrected chi connectivity index (χ1v) is 5.03. The first-order valence-electron chi connectivity index (χ1n) is 5.03. The lowest BCUT2D eigenvalue weighted by atomic mass is 9.86. The molecule has 1 aliphatic heterocycles. The van der Waals surface area contributed by atoms with Gasteiger partial charge in [-0.2, -0.15) is 0 Å². The van der Waals surface area contributed by atoms with Crippen LogP contribution in [0.3, 0.4) is 0 Å². The molecule has 1 fully saturated rings. The van der Waals surface area contributed by atoms with Crippen molar-refractivity contribution in [3.8, 4) is 5.75 Å². The SMILES string of the molecule is NC1CNCCC1c1ccccc1O. The molecule has 2 unspecified atom stereocenters. The van der Waals surface area contributed by atoms with Gasteiger partial charge in [0.05, 0.1) is 0 Å². The highest BCUT2D eigenvalue weighted by Crippen LogP contribution is 2.30. The Kier molecular flexibility index (Phi) is 2.70. The molecule has 1 aromatic rings. The van der Waals surface area contributed by atoms with E-state index in [2.05, 4.69) is 5.32 Å². The summed E-state index contributed by atoms with van der Waals surface area (Å²) >= 11 is 0. The van der Waals surface area contributed by atoms with Gasteiger partial charge < -0.3 is 16.2 Å². The lowest BCUT2D eigenvalue weighted by Gasteiger charge is -2.29. The summed E-state index contributed by atoms with van der Waals surface area (Å²) in [5, 5.41) is 13.0. The van der Waals surface area contributed by atoms with Crippen LogP contribution in [-0.2, 0) is 0 Å². The predicted molar refractivity (Wildman–Crippen MR) is 56.3 cm³/mol. The highest BCUT2D eigenvalue weighted by molar-refractivity contribution is 5.36. The Morgan fingerprint density at radius 3 is 2.86 bits per heavy atom. The van der Waals surface area contributed by atoms with Crippen LogP contribution >= 0.6 is 0 Å². The van der Waals surface area contributed by atoms with Crippen LogP contribution in [0.5, 0.6) is 5.75 Å². The van der Waals surface area contributed by atoms with Gasteiger partial charge in [-0.15, -0.1) is 0 Å². The molecule has 2 rings (SSSR count). The minimum atomic E-state index is 0.108. The summed E-state index contributed by atoms with van der Waals surface area (Å²) in [5.74, 6) is 0.660. The number of nitrogens with one attached hydrogen (secondary N) is 1. The Morgan fingerprint density at radius 2 is 2.14 bits per heavy atom. The van der Waals surface area contributed by atoms with Crippen molar-refractivity contribution in [1.29, 1.82) is 0 Å². The molecule has 0 amide bonds. The van der Waals surface area contributed by atoms with Gasteiger partial charge in [0.2, 0.25) is 0 Å². The first kappa shape index (κ1) is 9.49. The summed E-state index contributed by atoms with van der Waals surface area (Å²) in [6, 6.07) is 7.59. The minimum absolute atomic E-state index is 0.108. The average Bonchev–Trinajstić information content (AvgIpc) is 2.20. The number of benzene rings is 1. The quantitative estimate of drug-likeness (QED) is 0.616. The maximum Gasteiger partial charge on any atom is 0.119 e. The molecule has 76 valence electrons. The second-order valence-corrected chi connectivity index (χ2v) is 3.82. The molecule has 1 saturated heterocycles. The monoisotopic (exact) mass is 192 g/mol. The summed E-state index contributed by atoms with van der Waals surface area (Å²) in [6.45, 7) is 1.81. The van der Waals surface area contributed by atoms with Crippen LogP contribution in [-0.4, -0.2) is 24.2 Å². The number of hydrogen-bond donors (Lipinski definition) is 3. The fourth-order valence-electron chi connectivity index (χ4n) is 2.07. The van der Waals surface area contributed by atoms with Gasteiger partial charge in [0.15, 0.2) is 0 Å². The van der Waals surface area contributed by atoms with E-state index in [1.165, 1.54) is 0 Å². The van der Waals surface area contributed by atoms with Crippen molar-refractivity contribution in [1.82, 2.24) is 5.32 Å². The molecule has 3 heteroatoms. The number of piperidine rings is 1. The molecule has 0 saturated carbocycles. The smallest absolute Gasteiger partial charge is 0.119 e. The number of hydrogen-bond acceptors (Lipinski definition) is 3. The number of nitrogens with two attached hydrogens (primary N) is 1. The number of aromatic hydroxyl groups is 1. The third-order valence-corrected chi connectivity index (χ3v) is 2.87. The Bertz CT molecular complexity index is 314. The predicted octanol–water partition coefficient (Wildman–Crippen LogP) is 0.796. The third kappa shape index (κ3) is 1.74. The second-order valence-electron chi connectivity index (χ2n) is 3.82. The van der Waals surface area contributed by atoms with Crippen molar-refractivity contribution >= 4 is 0 Å². The lowest BCUT2D eigenvalue weighted by molar-refractivity contribution is 0.385. The van der Waals surface area contributed by atoms with E-state index >= 15 is 0 Å². The Balaban J connectivity index is 2.25. The van der Waals surface area contributed by atoms with E-state index in [-0.39, 0.29) is 12.0 Å². The van der Waals surface area contributed by atoms with E-state index in [9.17, 15) is 5.11 Å². The molecule has 3 nitrogen and oxygen atoms in total. The van der Waals surface area contributed by atoms with Gasteiger partial charge in [-0.1, -0.05) is 18.2 Å². The summed E-state index contributed by atoms with van der Waals surface area (Å²) in [6.07, 6.45) is 0.999. The zero-order chi connectivity index (χ0) is 9.97. The number of para-hydroxylation sites is 1. The van der Waals surface area contributed by atoms with Gasteiger partial charge in [-0.05, 0) is 24.6 Å². The molecule has 0 radical (unpaired) electrons. The fraction of sp³-hybridized carbons (Fsp3) is 0.455. The molecule has 0 aromatic heterocycles. The Morgan fingerprint density at radius 1 is 1.36 bits per heavy atom. The lowest BCUT2D eigenvalue weighted by Crippen LogP contribution is -2.44. The Labute approximate surface area is 83.9 Å². The van der Waals surface area contributed by atoms with Gasteiger partial charge in [0.25, 0.3) is 0 Å². The second kappa shape index (κ2) is 3.98. The molecule has 1 aromatic carbocycles. The average molecular weight is 192 g/mol. The molecular weight excluding hydrogens is 176 g/mol. The Hall–Kier alpha value is -1.06. The minimum Gasteiger partial charge on any atom is -0.508 e. The fourth-order valence-corrected chi connectivity index (χ4v) is 2.07. The van der Waals surface area contributed by atoms with Gasteiger partial charge in [0.1, 0.15) is 5.75 Å². The molecule has 0 bridgehead atoms. The summed E-state index contributed by atoms with van der Waals surface area (Å²) in [4.78, 5) is 0. The molecule has 0 aliphatic carbocycles. The van der Waals surface area contributed by atoms with Crippen molar-refractivity contribution < 1.29 is 5.11 Å². The topological polar surface area (TPSA) is 58.3 Å². The van der Waals surface area contributed by atoms with Crippen LogP contribution in [0.1, 0.15) is 17.9 Å². The van der Waals surface area contributed by atoms with Gasteiger partial charge >= 0.3 is 0 Å². The number of phenolic OH excluding ortho intramolecular Hbond substituents is 1. The van der Waals surface area contributed by atoms with E-state index in [1.807, 2.05) is 18.2 Å². The van der Waals surface area contributed by atoms with Crippen molar-refractivity contribution in [2.45, 2.75) is 18.4 Å². The maximum atomic E-state index is 9.70. The number of rotatable bonds is 1. The van der Waals surface area contributed by atoms with Gasteiger partial charge in [0, 0.05) is 18.5 Å². The molecule has 0 spiro atoms. The van der Waals surface area contributed by atoms with Crippen LogP contribution < -0.4 is 11.1 Å². The summed E-state index contributed by atoms with van der Waals surface area (Å²) in [5.41, 5.74) is 6.99. The van der Waals surface area contributed by atoms with Crippen molar-refractivity contribution in [3.05, 3.63) is 29.8 Å². The largest absolute Gasteiger partial charge is 0.508 e. The van der Waals surface area contributed by atoms with Crippen LogP contribution in [0.15, 0.2) is 24.3 Å². The molecule has 1 aliphatic rings. The van der Waals surface area contributed by atoms with Gasteiger partial charge in [-0.25, -0.2) is 0 Å². The summed E-state index contributed by atoms with van der Waals surface area (Å²) in [7, 11) is 0.